The van der Waals surface area contributed by atoms with E-state index in [1.807, 2.05) is 6.08 Å². The number of hydrogen-bond donors (Lipinski definition) is 6. The van der Waals surface area contributed by atoms with Crippen molar-refractivity contribution < 1.29 is 39.8 Å². The fraction of sp³-hybridized carbons (Fsp3) is 0.898. The zero-order chi connectivity index (χ0) is 42.3. The highest BCUT2D eigenvalue weighted by Crippen LogP contribution is 2.23. The Morgan fingerprint density at radius 3 is 1.45 bits per heavy atom. The van der Waals surface area contributed by atoms with Crippen LogP contribution in [0.3, 0.4) is 0 Å². The Bertz CT molecular complexity index is 961. The smallest absolute Gasteiger partial charge is 0.220 e. The van der Waals surface area contributed by atoms with Crippen molar-refractivity contribution in [2.24, 2.45) is 0 Å². The maximum Gasteiger partial charge on any atom is 0.220 e. The van der Waals surface area contributed by atoms with Gasteiger partial charge in [-0.15, -0.1) is 0 Å². The van der Waals surface area contributed by atoms with Gasteiger partial charge < -0.3 is 40.3 Å². The molecule has 0 bridgehead atoms. The summed E-state index contributed by atoms with van der Waals surface area (Å²) < 4.78 is 11.2. The third-order valence-electron chi connectivity index (χ3n) is 11.8. The minimum Gasteiger partial charge on any atom is -0.394 e. The first kappa shape index (κ1) is 54.7. The standard InChI is InChI=1S/C49H93NO8/c1-3-5-7-9-11-13-15-17-19-21-23-25-27-29-31-33-35-37-39-45(53)50-42(41-57-49-48(56)47(55)46(54)44(40-51)58-49)43(52)38-36-34-32-30-28-26-24-22-20-18-16-14-12-10-8-6-4-2/h28,30,36,38,42-44,46-49,51-52,54-56H,3-27,29,31-35,37,39-41H2,1-2H3,(H,50,53)/b30-28+,38-36+/t42-,43+,44-,46-,47?,48?,49-/m0/s1. The summed E-state index contributed by atoms with van der Waals surface area (Å²) in [7, 11) is 0. The van der Waals surface area contributed by atoms with Crippen molar-refractivity contribution in [2.45, 2.75) is 269 Å². The molecule has 0 aromatic carbocycles. The molecule has 1 fully saturated rings. The van der Waals surface area contributed by atoms with Crippen LogP contribution in [-0.4, -0.2) is 87.5 Å². The van der Waals surface area contributed by atoms with Crippen molar-refractivity contribution in [1.29, 1.82) is 0 Å². The van der Waals surface area contributed by atoms with E-state index in [1.165, 1.54) is 167 Å². The molecule has 1 rings (SSSR count). The Balaban J connectivity index is 2.34. The molecule has 342 valence electrons. The Labute approximate surface area is 356 Å². The lowest BCUT2D eigenvalue weighted by Crippen LogP contribution is -2.60. The number of nitrogens with one attached hydrogen (secondary N) is 1. The molecule has 6 N–H and O–H groups in total. The van der Waals surface area contributed by atoms with E-state index >= 15 is 0 Å². The predicted molar refractivity (Wildman–Crippen MR) is 240 cm³/mol. The van der Waals surface area contributed by atoms with E-state index in [4.69, 9.17) is 9.47 Å². The molecule has 1 amide bonds. The van der Waals surface area contributed by atoms with E-state index in [-0.39, 0.29) is 12.5 Å². The van der Waals surface area contributed by atoms with Gasteiger partial charge in [-0.25, -0.2) is 0 Å². The molecule has 0 aromatic heterocycles. The van der Waals surface area contributed by atoms with Gasteiger partial charge in [0, 0.05) is 6.42 Å². The van der Waals surface area contributed by atoms with E-state index in [1.54, 1.807) is 6.08 Å². The summed E-state index contributed by atoms with van der Waals surface area (Å²) >= 11 is 0. The van der Waals surface area contributed by atoms with Crippen LogP contribution in [0.4, 0.5) is 0 Å². The first-order valence-electron chi connectivity index (χ1n) is 24.6. The van der Waals surface area contributed by atoms with Crippen LogP contribution in [0.1, 0.15) is 226 Å². The van der Waals surface area contributed by atoms with Gasteiger partial charge in [-0.2, -0.15) is 0 Å². The molecule has 7 atom stereocenters. The van der Waals surface area contributed by atoms with E-state index < -0.39 is 49.5 Å². The summed E-state index contributed by atoms with van der Waals surface area (Å²) in [4.78, 5) is 13.0. The van der Waals surface area contributed by atoms with Crippen molar-refractivity contribution in [3.63, 3.8) is 0 Å². The van der Waals surface area contributed by atoms with Crippen LogP contribution >= 0.6 is 0 Å². The van der Waals surface area contributed by atoms with Crippen LogP contribution in [-0.2, 0) is 14.3 Å². The molecule has 0 aromatic rings. The second kappa shape index (κ2) is 39.8. The normalized spacial score (nSPS) is 21.0. The average molecular weight is 824 g/mol. The van der Waals surface area contributed by atoms with Crippen LogP contribution in [0.25, 0.3) is 0 Å². The highest BCUT2D eigenvalue weighted by Gasteiger charge is 2.44. The van der Waals surface area contributed by atoms with Crippen LogP contribution in [0.2, 0.25) is 0 Å². The summed E-state index contributed by atoms with van der Waals surface area (Å²) in [5.74, 6) is -0.184. The number of carbonyl (C=O) groups is 1. The predicted octanol–water partition coefficient (Wildman–Crippen LogP) is 10.7. The van der Waals surface area contributed by atoms with Crippen LogP contribution in [0.5, 0.6) is 0 Å². The highest BCUT2D eigenvalue weighted by atomic mass is 16.7. The molecule has 9 nitrogen and oxygen atoms in total. The summed E-state index contributed by atoms with van der Waals surface area (Å²) in [6, 6.07) is -0.816. The van der Waals surface area contributed by atoms with Crippen molar-refractivity contribution in [1.82, 2.24) is 5.32 Å². The van der Waals surface area contributed by atoms with Crippen LogP contribution in [0, 0.1) is 0 Å². The third kappa shape index (κ3) is 29.8. The van der Waals surface area contributed by atoms with Gasteiger partial charge in [-0.05, 0) is 32.1 Å². The second-order valence-corrected chi connectivity index (χ2v) is 17.3. The Kier molecular flexibility index (Phi) is 37.5. The van der Waals surface area contributed by atoms with Crippen molar-refractivity contribution in [3.8, 4) is 0 Å². The van der Waals surface area contributed by atoms with E-state index in [0.29, 0.717) is 6.42 Å². The molecule has 0 radical (unpaired) electrons. The molecule has 58 heavy (non-hydrogen) atoms. The SMILES string of the molecule is CCCCCCCCCCCCC/C=C/CC/C=C/[C@@H](O)[C@H](CO[C@H]1O[C@@H](CO)[C@H](O)C(O)C1O)NC(=O)CCCCCCCCCCCCCCCCCCCC. The number of hydrogen-bond acceptors (Lipinski definition) is 8. The maximum absolute atomic E-state index is 13.0. The lowest BCUT2D eigenvalue weighted by atomic mass is 9.99. The number of carbonyl (C=O) groups excluding carboxylic acids is 1. The van der Waals surface area contributed by atoms with Gasteiger partial charge in [0.05, 0.1) is 25.4 Å². The van der Waals surface area contributed by atoms with Gasteiger partial charge in [0.2, 0.25) is 5.91 Å². The van der Waals surface area contributed by atoms with Gasteiger partial charge >= 0.3 is 0 Å². The fourth-order valence-corrected chi connectivity index (χ4v) is 7.82. The molecule has 1 saturated heterocycles. The molecule has 1 heterocycles. The minimum atomic E-state index is -1.57. The molecule has 0 spiro atoms. The number of unbranched alkanes of at least 4 members (excludes halogenated alkanes) is 29. The molecule has 1 aliphatic rings. The Morgan fingerprint density at radius 2 is 0.983 bits per heavy atom. The molecular weight excluding hydrogens is 731 g/mol. The quantitative estimate of drug-likeness (QED) is 0.0264. The van der Waals surface area contributed by atoms with E-state index in [9.17, 15) is 30.3 Å². The number of allylic oxidation sites excluding steroid dienone is 3. The number of ether oxygens (including phenoxy) is 2. The average Bonchev–Trinajstić information content (AvgIpc) is 3.22. The zero-order valence-corrected chi connectivity index (χ0v) is 37.6. The summed E-state index contributed by atoms with van der Waals surface area (Å²) in [5.41, 5.74) is 0. The highest BCUT2D eigenvalue weighted by molar-refractivity contribution is 5.76. The minimum absolute atomic E-state index is 0.184. The fourth-order valence-electron chi connectivity index (χ4n) is 7.82. The maximum atomic E-state index is 13.0. The first-order valence-corrected chi connectivity index (χ1v) is 24.6. The third-order valence-corrected chi connectivity index (χ3v) is 11.8. The molecule has 9 heteroatoms. The molecule has 0 saturated carbocycles. The number of aliphatic hydroxyl groups excluding tert-OH is 5. The lowest BCUT2D eigenvalue weighted by Gasteiger charge is -2.40. The Morgan fingerprint density at radius 1 is 0.569 bits per heavy atom. The van der Waals surface area contributed by atoms with Crippen molar-refractivity contribution >= 4 is 5.91 Å². The second-order valence-electron chi connectivity index (χ2n) is 17.3. The van der Waals surface area contributed by atoms with E-state index in [2.05, 4.69) is 31.3 Å². The zero-order valence-electron chi connectivity index (χ0n) is 37.6. The summed E-state index contributed by atoms with van der Waals surface area (Å²) in [5, 5.41) is 54.2. The van der Waals surface area contributed by atoms with Crippen molar-refractivity contribution in [3.05, 3.63) is 24.3 Å². The number of aliphatic hydroxyl groups is 5. The Hall–Kier alpha value is -1.33. The van der Waals surface area contributed by atoms with E-state index in [0.717, 1.165) is 38.5 Å². The number of rotatable bonds is 41. The lowest BCUT2D eigenvalue weighted by molar-refractivity contribution is -0.302. The van der Waals surface area contributed by atoms with Gasteiger partial charge in [0.15, 0.2) is 6.29 Å². The largest absolute Gasteiger partial charge is 0.394 e. The van der Waals surface area contributed by atoms with Gasteiger partial charge in [-0.1, -0.05) is 212 Å². The first-order chi connectivity index (χ1) is 28.3. The van der Waals surface area contributed by atoms with Crippen LogP contribution in [0.15, 0.2) is 24.3 Å². The molecular formula is C49H93NO8. The van der Waals surface area contributed by atoms with Crippen LogP contribution < -0.4 is 5.32 Å². The number of amides is 1. The monoisotopic (exact) mass is 824 g/mol. The summed E-state index contributed by atoms with van der Waals surface area (Å²) in [6.07, 6.45) is 40.8. The van der Waals surface area contributed by atoms with Gasteiger partial charge in [0.25, 0.3) is 0 Å². The molecule has 0 aliphatic carbocycles. The van der Waals surface area contributed by atoms with Gasteiger partial charge in [-0.3, -0.25) is 4.79 Å². The topological polar surface area (TPSA) is 149 Å². The van der Waals surface area contributed by atoms with Gasteiger partial charge in [0.1, 0.15) is 24.4 Å². The molecule has 1 aliphatic heterocycles. The molecule has 2 unspecified atom stereocenters. The van der Waals surface area contributed by atoms with Crippen molar-refractivity contribution in [2.75, 3.05) is 13.2 Å². The summed E-state index contributed by atoms with van der Waals surface area (Å²) in [6.45, 7) is 3.77.